The second kappa shape index (κ2) is 4.96. The smallest absolute Gasteiger partial charge is 0.193 e. The summed E-state index contributed by atoms with van der Waals surface area (Å²) in [7, 11) is 0. The number of benzene rings is 1. The summed E-state index contributed by atoms with van der Waals surface area (Å²) in [6.07, 6.45) is 11.2. The zero-order chi connectivity index (χ0) is 12.2. The zero-order valence-corrected chi connectivity index (χ0v) is 10.1. The van der Waals surface area contributed by atoms with Crippen molar-refractivity contribution in [3.05, 3.63) is 83.5 Å². The fraction of sp³-hybridized carbons (Fsp3) is 0.125. The van der Waals surface area contributed by atoms with E-state index in [9.17, 15) is 0 Å². The molecule has 2 nitrogen and oxygen atoms in total. The molecule has 1 aliphatic carbocycles. The van der Waals surface area contributed by atoms with E-state index in [0.29, 0.717) is 0 Å². The Kier molecular flexibility index (Phi) is 3.01. The van der Waals surface area contributed by atoms with E-state index in [0.717, 1.165) is 24.6 Å². The highest BCUT2D eigenvalue weighted by Gasteiger charge is 2.13. The molecule has 3 rings (SSSR count). The quantitative estimate of drug-likeness (QED) is 0.869. The highest BCUT2D eigenvalue weighted by molar-refractivity contribution is 5.41. The molecule has 2 aliphatic rings. The molecule has 1 aromatic carbocycles. The summed E-state index contributed by atoms with van der Waals surface area (Å²) in [6, 6.07) is 10.3. The lowest BCUT2D eigenvalue weighted by Crippen LogP contribution is -2.17. The summed E-state index contributed by atoms with van der Waals surface area (Å²) in [5.41, 5.74) is 2.48. The van der Waals surface area contributed by atoms with Crippen molar-refractivity contribution in [2.45, 2.75) is 13.0 Å². The van der Waals surface area contributed by atoms with Gasteiger partial charge in [0.2, 0.25) is 0 Å². The van der Waals surface area contributed by atoms with Crippen LogP contribution in [-0.4, -0.2) is 0 Å². The van der Waals surface area contributed by atoms with E-state index in [2.05, 4.69) is 29.6 Å². The molecule has 0 saturated heterocycles. The predicted octanol–water partition coefficient (Wildman–Crippen LogP) is 3.42. The van der Waals surface area contributed by atoms with Gasteiger partial charge in [-0.2, -0.15) is 0 Å². The summed E-state index contributed by atoms with van der Waals surface area (Å²) in [5.74, 6) is 1.76. The third-order valence-electron chi connectivity index (χ3n) is 3.00. The van der Waals surface area contributed by atoms with E-state index in [1.165, 1.54) is 11.1 Å². The van der Waals surface area contributed by atoms with Crippen LogP contribution in [0.5, 0.6) is 0 Å². The molecule has 18 heavy (non-hydrogen) atoms. The summed E-state index contributed by atoms with van der Waals surface area (Å²) < 4.78 is 5.80. The van der Waals surface area contributed by atoms with Crippen molar-refractivity contribution in [3.63, 3.8) is 0 Å². The Balaban J connectivity index is 1.65. The van der Waals surface area contributed by atoms with E-state index < -0.39 is 0 Å². The topological polar surface area (TPSA) is 21.3 Å². The van der Waals surface area contributed by atoms with Crippen LogP contribution in [0.25, 0.3) is 0 Å². The number of fused-ring (bicyclic) bond motifs is 1. The van der Waals surface area contributed by atoms with Crippen molar-refractivity contribution < 1.29 is 4.74 Å². The van der Waals surface area contributed by atoms with Gasteiger partial charge in [-0.1, -0.05) is 42.5 Å². The summed E-state index contributed by atoms with van der Waals surface area (Å²) in [4.78, 5) is 0. The Hall–Kier alpha value is -2.22. The molecule has 1 aromatic rings. The van der Waals surface area contributed by atoms with Crippen LogP contribution in [0.2, 0.25) is 0 Å². The molecule has 0 bridgehead atoms. The first-order valence-corrected chi connectivity index (χ1v) is 6.15. The third kappa shape index (κ3) is 2.38. The fourth-order valence-electron chi connectivity index (χ4n) is 2.02. The zero-order valence-electron chi connectivity index (χ0n) is 10.1. The minimum atomic E-state index is 0.777. The molecule has 1 heterocycles. The Morgan fingerprint density at radius 1 is 1.06 bits per heavy atom. The molecule has 90 valence electrons. The molecule has 0 atom stereocenters. The van der Waals surface area contributed by atoms with E-state index in [1.807, 2.05) is 36.4 Å². The van der Waals surface area contributed by atoms with Gasteiger partial charge >= 0.3 is 0 Å². The fourth-order valence-corrected chi connectivity index (χ4v) is 2.02. The minimum Gasteiger partial charge on any atom is -0.441 e. The highest BCUT2D eigenvalue weighted by atomic mass is 16.5. The monoisotopic (exact) mass is 237 g/mol. The van der Waals surface area contributed by atoms with Crippen LogP contribution in [-0.2, 0) is 11.3 Å². The second-order valence-electron chi connectivity index (χ2n) is 4.33. The van der Waals surface area contributed by atoms with Crippen LogP contribution in [0.3, 0.4) is 0 Å². The number of nitrogens with one attached hydrogen (secondary N) is 1. The summed E-state index contributed by atoms with van der Waals surface area (Å²) in [6.45, 7) is 0.777. The van der Waals surface area contributed by atoms with Crippen molar-refractivity contribution in [3.8, 4) is 0 Å². The molecule has 0 saturated carbocycles. The van der Waals surface area contributed by atoms with Crippen molar-refractivity contribution >= 4 is 0 Å². The molecular weight excluding hydrogens is 222 g/mol. The molecule has 0 radical (unpaired) electrons. The van der Waals surface area contributed by atoms with Crippen LogP contribution >= 0.6 is 0 Å². The average Bonchev–Trinajstić information content (AvgIpc) is 2.46. The van der Waals surface area contributed by atoms with Gasteiger partial charge in [0.1, 0.15) is 5.76 Å². The Bertz CT molecular complexity index is 550. The first-order chi connectivity index (χ1) is 8.92. The van der Waals surface area contributed by atoms with Gasteiger partial charge < -0.3 is 10.1 Å². The van der Waals surface area contributed by atoms with Crippen LogP contribution in [0.4, 0.5) is 0 Å². The number of rotatable bonds is 3. The first kappa shape index (κ1) is 10.9. The maximum Gasteiger partial charge on any atom is 0.193 e. The van der Waals surface area contributed by atoms with Gasteiger partial charge in [0.15, 0.2) is 5.88 Å². The normalized spacial score (nSPS) is 17.0. The molecule has 1 N–H and O–H groups in total. The van der Waals surface area contributed by atoms with E-state index in [1.54, 1.807) is 0 Å². The van der Waals surface area contributed by atoms with E-state index in [-0.39, 0.29) is 0 Å². The number of hydrogen-bond acceptors (Lipinski definition) is 2. The molecule has 0 fully saturated rings. The molecular formula is C16H15NO. The molecule has 1 aliphatic heterocycles. The second-order valence-corrected chi connectivity index (χ2v) is 4.33. The number of allylic oxidation sites excluding steroid dienone is 6. The van der Waals surface area contributed by atoms with Gasteiger partial charge in [-0.15, -0.1) is 0 Å². The van der Waals surface area contributed by atoms with Gasteiger partial charge in [-0.3, -0.25) is 0 Å². The minimum absolute atomic E-state index is 0.777. The van der Waals surface area contributed by atoms with Gasteiger partial charge in [-0.25, -0.2) is 0 Å². The maximum absolute atomic E-state index is 5.80. The van der Waals surface area contributed by atoms with Crippen LogP contribution in [0.15, 0.2) is 77.9 Å². The summed E-state index contributed by atoms with van der Waals surface area (Å²) >= 11 is 0. The van der Waals surface area contributed by atoms with Crippen LogP contribution < -0.4 is 5.32 Å². The number of ether oxygens (including phenoxy) is 1. The Morgan fingerprint density at radius 2 is 1.94 bits per heavy atom. The van der Waals surface area contributed by atoms with Gasteiger partial charge in [0.05, 0.1) is 0 Å². The Morgan fingerprint density at radius 3 is 2.83 bits per heavy atom. The molecule has 2 heteroatoms. The third-order valence-corrected chi connectivity index (χ3v) is 3.00. The van der Waals surface area contributed by atoms with Crippen molar-refractivity contribution in [1.82, 2.24) is 5.32 Å². The SMILES string of the molecule is C1=CCC2=CC=C(NCc3ccccc3)OC2=C1. The number of hydrogen-bond donors (Lipinski definition) is 1. The molecule has 0 unspecified atom stereocenters. The van der Waals surface area contributed by atoms with Gasteiger partial charge in [0, 0.05) is 6.54 Å². The molecule has 0 spiro atoms. The van der Waals surface area contributed by atoms with Crippen molar-refractivity contribution in [2.75, 3.05) is 0 Å². The lowest BCUT2D eigenvalue weighted by Gasteiger charge is -2.21. The van der Waals surface area contributed by atoms with Crippen molar-refractivity contribution in [1.29, 1.82) is 0 Å². The van der Waals surface area contributed by atoms with E-state index >= 15 is 0 Å². The predicted molar refractivity (Wildman–Crippen MR) is 72.4 cm³/mol. The largest absolute Gasteiger partial charge is 0.441 e. The summed E-state index contributed by atoms with van der Waals surface area (Å²) in [5, 5.41) is 3.30. The van der Waals surface area contributed by atoms with Gasteiger partial charge in [-0.05, 0) is 35.8 Å². The lowest BCUT2D eigenvalue weighted by molar-refractivity contribution is 0.275. The first-order valence-electron chi connectivity index (χ1n) is 6.15. The Labute approximate surface area is 107 Å². The molecule has 0 aromatic heterocycles. The lowest BCUT2D eigenvalue weighted by atomic mass is 10.0. The van der Waals surface area contributed by atoms with Crippen LogP contribution in [0.1, 0.15) is 12.0 Å². The van der Waals surface area contributed by atoms with Gasteiger partial charge in [0.25, 0.3) is 0 Å². The highest BCUT2D eigenvalue weighted by Crippen LogP contribution is 2.26. The van der Waals surface area contributed by atoms with Crippen LogP contribution in [0, 0.1) is 0 Å². The van der Waals surface area contributed by atoms with Crippen molar-refractivity contribution in [2.24, 2.45) is 0 Å². The maximum atomic E-state index is 5.80. The van der Waals surface area contributed by atoms with E-state index in [4.69, 9.17) is 4.74 Å². The molecule has 0 amide bonds. The standard InChI is InChI=1S/C16H15NO/c1-2-6-13(7-3-1)12-17-16-11-10-14-8-4-5-9-15(14)18-16/h1-7,9-11,17H,8,12H2. The average molecular weight is 237 g/mol.